The van der Waals surface area contributed by atoms with Crippen LogP contribution in [0.5, 0.6) is 0 Å². The molecule has 0 bridgehead atoms. The average molecular weight is 415 g/mol. The molecule has 1 aromatic carbocycles. The van der Waals surface area contributed by atoms with E-state index in [1.807, 2.05) is 20.8 Å². The summed E-state index contributed by atoms with van der Waals surface area (Å²) in [6.45, 7) is 13.5. The molecule has 5 nitrogen and oxygen atoms in total. The van der Waals surface area contributed by atoms with Crippen LogP contribution in [0.2, 0.25) is 0 Å². The maximum absolute atomic E-state index is 12.2. The fraction of sp³-hybridized carbons (Fsp3) is 0.565. The summed E-state index contributed by atoms with van der Waals surface area (Å²) in [5, 5.41) is 6.34. The highest BCUT2D eigenvalue weighted by molar-refractivity contribution is 7.13. The molecule has 0 saturated carbocycles. The molecule has 0 aliphatic carbocycles. The van der Waals surface area contributed by atoms with Crippen molar-refractivity contribution in [1.82, 2.24) is 20.1 Å². The first-order valence-corrected chi connectivity index (χ1v) is 11.5. The van der Waals surface area contributed by atoms with Crippen molar-refractivity contribution in [3.8, 4) is 10.6 Å². The number of carbonyl (C=O) groups excluding carboxylic acids is 1. The number of nitrogens with one attached hydrogen (secondary N) is 1. The topological polar surface area (TPSA) is 48.5 Å². The standard InChI is InChI=1S/C23H34N4OS/c1-5-18-7-9-19(10-8-18)22-24-20(17-29-22)15-26-11-6-12-27(14-13-26)16-21(28)25-23(2,3)4/h7-10,17H,5-6,11-16H2,1-4H3,(H,25,28). The van der Waals surface area contributed by atoms with E-state index >= 15 is 0 Å². The van der Waals surface area contributed by atoms with Crippen LogP contribution in [0, 0.1) is 0 Å². The normalized spacial score (nSPS) is 16.6. The Hall–Kier alpha value is -1.76. The lowest BCUT2D eigenvalue weighted by Crippen LogP contribution is -2.46. The minimum absolute atomic E-state index is 0.115. The number of amides is 1. The third-order valence-corrected chi connectivity index (χ3v) is 6.05. The summed E-state index contributed by atoms with van der Waals surface area (Å²) < 4.78 is 0. The summed E-state index contributed by atoms with van der Waals surface area (Å²) in [7, 11) is 0. The Morgan fingerprint density at radius 1 is 1.10 bits per heavy atom. The minimum Gasteiger partial charge on any atom is -0.350 e. The quantitative estimate of drug-likeness (QED) is 0.781. The fourth-order valence-corrected chi connectivity index (χ4v) is 4.44. The van der Waals surface area contributed by atoms with Crippen molar-refractivity contribution < 1.29 is 4.79 Å². The number of benzene rings is 1. The van der Waals surface area contributed by atoms with Gasteiger partial charge in [-0.1, -0.05) is 31.2 Å². The highest BCUT2D eigenvalue weighted by Crippen LogP contribution is 2.25. The van der Waals surface area contributed by atoms with E-state index in [4.69, 9.17) is 4.98 Å². The van der Waals surface area contributed by atoms with Crippen LogP contribution in [0.25, 0.3) is 10.6 Å². The van der Waals surface area contributed by atoms with Gasteiger partial charge >= 0.3 is 0 Å². The van der Waals surface area contributed by atoms with E-state index < -0.39 is 0 Å². The van der Waals surface area contributed by atoms with Crippen molar-refractivity contribution in [3.63, 3.8) is 0 Å². The average Bonchev–Trinajstić information content (AvgIpc) is 3.01. The number of aromatic nitrogens is 1. The zero-order valence-corrected chi connectivity index (χ0v) is 19.0. The molecule has 2 aromatic rings. The Kier molecular flexibility index (Phi) is 7.44. The van der Waals surface area contributed by atoms with Gasteiger partial charge in [0.05, 0.1) is 12.2 Å². The second kappa shape index (κ2) is 9.83. The second-order valence-corrected chi connectivity index (χ2v) is 9.76. The predicted octanol–water partition coefficient (Wildman–Crippen LogP) is 3.79. The molecular formula is C23H34N4OS. The number of nitrogens with zero attached hydrogens (tertiary/aromatic N) is 3. The molecule has 0 spiro atoms. The van der Waals surface area contributed by atoms with Crippen LogP contribution in [0.1, 0.15) is 45.4 Å². The van der Waals surface area contributed by atoms with Crippen LogP contribution in [0.15, 0.2) is 29.6 Å². The molecule has 0 atom stereocenters. The molecule has 1 aromatic heterocycles. The Bertz CT molecular complexity index is 794. The first-order valence-electron chi connectivity index (χ1n) is 10.6. The molecule has 1 N–H and O–H groups in total. The van der Waals surface area contributed by atoms with Crippen LogP contribution in [0.4, 0.5) is 0 Å². The van der Waals surface area contributed by atoms with Crippen LogP contribution < -0.4 is 5.32 Å². The first kappa shape index (κ1) is 21.9. The number of carbonyl (C=O) groups is 1. The number of hydrogen-bond acceptors (Lipinski definition) is 5. The molecular weight excluding hydrogens is 380 g/mol. The highest BCUT2D eigenvalue weighted by atomic mass is 32.1. The van der Waals surface area contributed by atoms with Crippen LogP contribution in [0.3, 0.4) is 0 Å². The van der Waals surface area contributed by atoms with Crippen molar-refractivity contribution in [2.75, 3.05) is 32.7 Å². The van der Waals surface area contributed by atoms with Gasteiger partial charge in [-0.2, -0.15) is 0 Å². The largest absolute Gasteiger partial charge is 0.350 e. The number of rotatable bonds is 6. The SMILES string of the molecule is CCc1ccc(-c2nc(CN3CCCN(CC(=O)NC(C)(C)C)CC3)cs2)cc1. The van der Waals surface area contributed by atoms with Gasteiger partial charge in [0.25, 0.3) is 0 Å². The molecule has 6 heteroatoms. The van der Waals surface area contributed by atoms with E-state index in [1.54, 1.807) is 11.3 Å². The monoisotopic (exact) mass is 414 g/mol. The van der Waals surface area contributed by atoms with Crippen LogP contribution in [-0.4, -0.2) is 59.0 Å². The Labute approximate surface area is 179 Å². The molecule has 29 heavy (non-hydrogen) atoms. The summed E-state index contributed by atoms with van der Waals surface area (Å²) in [5.74, 6) is 0.115. The maximum Gasteiger partial charge on any atom is 0.234 e. The Morgan fingerprint density at radius 3 is 2.48 bits per heavy atom. The Balaban J connectivity index is 1.51. The van der Waals surface area contributed by atoms with Gasteiger partial charge in [0, 0.05) is 36.1 Å². The van der Waals surface area contributed by atoms with Gasteiger partial charge in [-0.25, -0.2) is 4.98 Å². The summed E-state index contributed by atoms with van der Waals surface area (Å²) in [5.41, 5.74) is 3.53. The summed E-state index contributed by atoms with van der Waals surface area (Å²) in [6, 6.07) is 8.73. The molecule has 2 heterocycles. The van der Waals surface area contributed by atoms with Gasteiger partial charge in [0.15, 0.2) is 0 Å². The lowest BCUT2D eigenvalue weighted by atomic mass is 10.1. The van der Waals surface area contributed by atoms with Crippen molar-refractivity contribution in [2.45, 2.75) is 52.6 Å². The summed E-state index contributed by atoms with van der Waals surface area (Å²) in [4.78, 5) is 21.8. The Morgan fingerprint density at radius 2 is 1.79 bits per heavy atom. The van der Waals surface area contributed by atoms with E-state index in [2.05, 4.69) is 51.7 Å². The van der Waals surface area contributed by atoms with Gasteiger partial charge in [-0.15, -0.1) is 11.3 Å². The molecule has 1 saturated heterocycles. The summed E-state index contributed by atoms with van der Waals surface area (Å²) >= 11 is 1.72. The van der Waals surface area contributed by atoms with Crippen LogP contribution >= 0.6 is 11.3 Å². The second-order valence-electron chi connectivity index (χ2n) is 8.90. The summed E-state index contributed by atoms with van der Waals surface area (Å²) in [6.07, 6.45) is 2.14. The molecule has 1 amide bonds. The fourth-order valence-electron chi connectivity index (χ4n) is 3.63. The molecule has 0 radical (unpaired) electrons. The van der Waals surface area contributed by atoms with Gasteiger partial charge in [-0.05, 0) is 52.3 Å². The minimum atomic E-state index is -0.172. The zero-order valence-electron chi connectivity index (χ0n) is 18.2. The van der Waals surface area contributed by atoms with Crippen molar-refractivity contribution in [1.29, 1.82) is 0 Å². The van der Waals surface area contributed by atoms with Crippen molar-refractivity contribution in [2.24, 2.45) is 0 Å². The van der Waals surface area contributed by atoms with Gasteiger partial charge < -0.3 is 5.32 Å². The van der Waals surface area contributed by atoms with Crippen LogP contribution in [-0.2, 0) is 17.8 Å². The van der Waals surface area contributed by atoms with E-state index in [9.17, 15) is 4.79 Å². The number of aryl methyl sites for hydroxylation is 1. The van der Waals surface area contributed by atoms with E-state index in [1.165, 1.54) is 11.1 Å². The third kappa shape index (κ3) is 6.91. The van der Waals surface area contributed by atoms with E-state index in [0.29, 0.717) is 6.54 Å². The molecule has 1 aliphatic heterocycles. The van der Waals surface area contributed by atoms with E-state index in [0.717, 1.165) is 56.3 Å². The van der Waals surface area contributed by atoms with Crippen molar-refractivity contribution in [3.05, 3.63) is 40.9 Å². The van der Waals surface area contributed by atoms with Gasteiger partial charge in [0.1, 0.15) is 5.01 Å². The highest BCUT2D eigenvalue weighted by Gasteiger charge is 2.20. The lowest BCUT2D eigenvalue weighted by Gasteiger charge is -2.24. The van der Waals surface area contributed by atoms with E-state index in [-0.39, 0.29) is 11.4 Å². The number of hydrogen-bond donors (Lipinski definition) is 1. The van der Waals surface area contributed by atoms with Gasteiger partial charge in [-0.3, -0.25) is 14.6 Å². The first-order chi connectivity index (χ1) is 13.8. The molecule has 158 valence electrons. The molecule has 3 rings (SSSR count). The molecule has 1 fully saturated rings. The zero-order chi connectivity index (χ0) is 20.9. The lowest BCUT2D eigenvalue weighted by molar-refractivity contribution is -0.123. The maximum atomic E-state index is 12.2. The molecule has 1 aliphatic rings. The predicted molar refractivity (Wildman–Crippen MR) is 121 cm³/mol. The number of thiazole rings is 1. The smallest absolute Gasteiger partial charge is 0.234 e. The molecule has 0 unspecified atom stereocenters. The van der Waals surface area contributed by atoms with Crippen molar-refractivity contribution >= 4 is 17.2 Å². The third-order valence-electron chi connectivity index (χ3n) is 5.11. The van der Waals surface area contributed by atoms with Gasteiger partial charge in [0.2, 0.25) is 5.91 Å².